The Hall–Kier alpha value is -2.38. The van der Waals surface area contributed by atoms with Crippen LogP contribution in [0.4, 0.5) is 6.01 Å². The van der Waals surface area contributed by atoms with Crippen LogP contribution in [-0.2, 0) is 11.8 Å². The zero-order valence-corrected chi connectivity index (χ0v) is 15.0. The number of hydrogen-bond donors (Lipinski definition) is 1. The molecule has 8 heteroatoms. The fourth-order valence-electron chi connectivity index (χ4n) is 3.87. The van der Waals surface area contributed by atoms with E-state index in [9.17, 15) is 4.79 Å². The third-order valence-electron chi connectivity index (χ3n) is 5.86. The lowest BCUT2D eigenvalue weighted by Crippen LogP contribution is -2.36. The smallest absolute Gasteiger partial charge is 0.324 e. The first-order valence-electron chi connectivity index (χ1n) is 9.54. The number of nitrogens with one attached hydrogen (secondary N) is 1. The first kappa shape index (κ1) is 15.8. The summed E-state index contributed by atoms with van der Waals surface area (Å²) in [5, 5.41) is 7.31. The van der Waals surface area contributed by atoms with Crippen LogP contribution in [0.15, 0.2) is 17.0 Å². The number of imidazole rings is 1. The number of rotatable bonds is 5. The Morgan fingerprint density at radius 2 is 2.12 bits per heavy atom. The van der Waals surface area contributed by atoms with Gasteiger partial charge in [-0.15, -0.1) is 0 Å². The quantitative estimate of drug-likeness (QED) is 0.875. The zero-order valence-electron chi connectivity index (χ0n) is 15.0. The third-order valence-corrected chi connectivity index (χ3v) is 5.86. The Kier molecular flexibility index (Phi) is 3.72. The molecule has 1 N–H and O–H groups in total. The number of aromatic nitrogens is 4. The van der Waals surface area contributed by atoms with E-state index in [1.165, 1.54) is 6.42 Å². The summed E-state index contributed by atoms with van der Waals surface area (Å²) in [6.07, 6.45) is 9.48. The van der Waals surface area contributed by atoms with Gasteiger partial charge < -0.3 is 19.3 Å². The van der Waals surface area contributed by atoms with Gasteiger partial charge in [0.15, 0.2) is 5.82 Å². The molecule has 1 aliphatic heterocycles. The molecule has 0 radical (unpaired) electrons. The second kappa shape index (κ2) is 6.10. The molecule has 26 heavy (non-hydrogen) atoms. The molecule has 1 saturated heterocycles. The van der Waals surface area contributed by atoms with Gasteiger partial charge in [0.05, 0.1) is 17.9 Å². The van der Waals surface area contributed by atoms with Crippen molar-refractivity contribution in [2.75, 3.05) is 18.0 Å². The van der Waals surface area contributed by atoms with Crippen LogP contribution in [0.25, 0.3) is 0 Å². The first-order valence-corrected chi connectivity index (χ1v) is 9.54. The molecule has 5 rings (SSSR count). The number of nitrogens with zero attached hydrogens (tertiary/aromatic N) is 5. The molecule has 0 spiro atoms. The predicted molar refractivity (Wildman–Crippen MR) is 93.7 cm³/mol. The molecule has 0 unspecified atom stereocenters. The van der Waals surface area contributed by atoms with E-state index in [1.807, 2.05) is 22.7 Å². The number of amides is 1. The van der Waals surface area contributed by atoms with Crippen molar-refractivity contribution in [1.82, 2.24) is 25.0 Å². The number of carbonyl (C=O) groups excluding carboxylic acids is 1. The van der Waals surface area contributed by atoms with E-state index in [4.69, 9.17) is 4.52 Å². The Bertz CT molecular complexity index is 806. The van der Waals surface area contributed by atoms with E-state index >= 15 is 0 Å². The van der Waals surface area contributed by atoms with Gasteiger partial charge in [0.25, 0.3) is 0 Å². The standard InChI is InChI=1S/C18H24N6O2/c1-23-9-15(19-10-23)13-7-24(8-14(13)17(25)20-12-5-6-12)18-21-16(22-26-18)11-3-2-4-11/h9-14H,2-8H2,1H3,(H,20,25)/t13-,14-/m1/s1. The Morgan fingerprint density at radius 3 is 2.77 bits per heavy atom. The van der Waals surface area contributed by atoms with Gasteiger partial charge in [0, 0.05) is 44.2 Å². The van der Waals surface area contributed by atoms with Crippen LogP contribution in [0.3, 0.4) is 0 Å². The monoisotopic (exact) mass is 356 g/mol. The van der Waals surface area contributed by atoms with Crippen LogP contribution in [0.1, 0.15) is 55.5 Å². The number of hydrogen-bond acceptors (Lipinski definition) is 6. The second-order valence-electron chi connectivity index (χ2n) is 7.93. The van der Waals surface area contributed by atoms with Crippen molar-refractivity contribution in [2.24, 2.45) is 13.0 Å². The summed E-state index contributed by atoms with van der Waals surface area (Å²) in [4.78, 5) is 23.9. The summed E-state index contributed by atoms with van der Waals surface area (Å²) >= 11 is 0. The van der Waals surface area contributed by atoms with Gasteiger partial charge in [-0.05, 0) is 25.7 Å². The van der Waals surface area contributed by atoms with E-state index in [-0.39, 0.29) is 17.7 Å². The van der Waals surface area contributed by atoms with Crippen molar-refractivity contribution >= 4 is 11.9 Å². The molecular formula is C18H24N6O2. The third kappa shape index (κ3) is 2.87. The molecule has 8 nitrogen and oxygen atoms in total. The topological polar surface area (TPSA) is 89.1 Å². The van der Waals surface area contributed by atoms with Gasteiger partial charge in [-0.2, -0.15) is 4.98 Å². The maximum absolute atomic E-state index is 12.8. The van der Waals surface area contributed by atoms with Gasteiger partial charge in [-0.1, -0.05) is 11.6 Å². The molecule has 0 aromatic carbocycles. The van der Waals surface area contributed by atoms with Crippen LogP contribution in [0.5, 0.6) is 0 Å². The second-order valence-corrected chi connectivity index (χ2v) is 7.93. The number of anilines is 1. The molecule has 2 atom stereocenters. The Balaban J connectivity index is 1.37. The van der Waals surface area contributed by atoms with Crippen molar-refractivity contribution < 1.29 is 9.32 Å². The Labute approximate surface area is 152 Å². The molecule has 2 aromatic heterocycles. The number of aryl methyl sites for hydroxylation is 1. The maximum Gasteiger partial charge on any atom is 0.324 e. The molecule has 2 aliphatic carbocycles. The van der Waals surface area contributed by atoms with Gasteiger partial charge in [-0.3, -0.25) is 4.79 Å². The molecule has 1 amide bonds. The molecule has 3 fully saturated rings. The zero-order chi connectivity index (χ0) is 17.7. The van der Waals surface area contributed by atoms with Crippen LogP contribution >= 0.6 is 0 Å². The van der Waals surface area contributed by atoms with Crippen LogP contribution in [0, 0.1) is 5.92 Å². The molecular weight excluding hydrogens is 332 g/mol. The largest absolute Gasteiger partial charge is 0.353 e. The first-order chi connectivity index (χ1) is 12.7. The highest BCUT2D eigenvalue weighted by Gasteiger charge is 2.43. The lowest BCUT2D eigenvalue weighted by molar-refractivity contribution is -0.124. The summed E-state index contributed by atoms with van der Waals surface area (Å²) in [5.74, 6) is 1.25. The van der Waals surface area contributed by atoms with E-state index in [1.54, 1.807) is 6.33 Å². The van der Waals surface area contributed by atoms with Crippen molar-refractivity contribution in [3.05, 3.63) is 24.0 Å². The molecule has 3 aliphatic rings. The van der Waals surface area contributed by atoms with Gasteiger partial charge >= 0.3 is 6.01 Å². The van der Waals surface area contributed by atoms with Crippen LogP contribution in [-0.4, -0.2) is 44.7 Å². The summed E-state index contributed by atoms with van der Waals surface area (Å²) in [6, 6.07) is 0.893. The van der Waals surface area contributed by atoms with Crippen LogP contribution in [0.2, 0.25) is 0 Å². The van der Waals surface area contributed by atoms with Crippen molar-refractivity contribution in [2.45, 2.75) is 50.0 Å². The van der Waals surface area contributed by atoms with E-state index in [0.717, 1.165) is 37.2 Å². The van der Waals surface area contributed by atoms with E-state index in [2.05, 4.69) is 20.4 Å². The highest BCUT2D eigenvalue weighted by molar-refractivity contribution is 5.81. The summed E-state index contributed by atoms with van der Waals surface area (Å²) in [7, 11) is 1.95. The molecule has 138 valence electrons. The van der Waals surface area contributed by atoms with Gasteiger partial charge in [0.2, 0.25) is 5.91 Å². The fraction of sp³-hybridized carbons (Fsp3) is 0.667. The van der Waals surface area contributed by atoms with Crippen LogP contribution < -0.4 is 10.2 Å². The van der Waals surface area contributed by atoms with Gasteiger partial charge in [0.1, 0.15) is 0 Å². The highest BCUT2D eigenvalue weighted by atomic mass is 16.5. The SMILES string of the molecule is Cn1cnc([C@@H]2CN(c3nc(C4CCC4)no3)C[C@H]2C(=O)NC2CC2)c1. The average Bonchev–Trinajstić information content (AvgIpc) is 3.00. The minimum absolute atomic E-state index is 0.0361. The molecule has 2 saturated carbocycles. The lowest BCUT2D eigenvalue weighted by Gasteiger charge is -2.21. The lowest BCUT2D eigenvalue weighted by atomic mass is 9.85. The normalized spacial score (nSPS) is 26.1. The number of carbonyl (C=O) groups is 1. The minimum Gasteiger partial charge on any atom is -0.353 e. The predicted octanol–water partition coefficient (Wildman–Crippen LogP) is 1.57. The molecule has 0 bridgehead atoms. The summed E-state index contributed by atoms with van der Waals surface area (Å²) in [5.41, 5.74) is 0.949. The van der Waals surface area contributed by atoms with E-state index < -0.39 is 0 Å². The maximum atomic E-state index is 12.8. The fourth-order valence-corrected chi connectivity index (χ4v) is 3.87. The molecule has 2 aromatic rings. The summed E-state index contributed by atoms with van der Waals surface area (Å²) in [6.45, 7) is 1.26. The average molecular weight is 356 g/mol. The van der Waals surface area contributed by atoms with Crippen molar-refractivity contribution in [1.29, 1.82) is 0 Å². The summed E-state index contributed by atoms with van der Waals surface area (Å²) < 4.78 is 7.45. The van der Waals surface area contributed by atoms with E-state index in [0.29, 0.717) is 31.1 Å². The highest BCUT2D eigenvalue weighted by Crippen LogP contribution is 2.38. The Morgan fingerprint density at radius 1 is 1.27 bits per heavy atom. The van der Waals surface area contributed by atoms with Crippen molar-refractivity contribution in [3.63, 3.8) is 0 Å². The minimum atomic E-state index is -0.149. The molecule has 3 heterocycles. The van der Waals surface area contributed by atoms with Gasteiger partial charge in [-0.25, -0.2) is 4.98 Å². The van der Waals surface area contributed by atoms with Crippen molar-refractivity contribution in [3.8, 4) is 0 Å².